The highest BCUT2D eigenvalue weighted by Crippen LogP contribution is 2.33. The fraction of sp³-hybridized carbons (Fsp3) is 0.353. The summed E-state index contributed by atoms with van der Waals surface area (Å²) in [6.07, 6.45) is 5.02. The number of aryl methyl sites for hydroxylation is 1. The lowest BCUT2D eigenvalue weighted by Crippen LogP contribution is -2.35. The lowest BCUT2D eigenvalue weighted by atomic mass is 9.93. The minimum Gasteiger partial charge on any atom is -0.374 e. The molecule has 1 unspecified atom stereocenters. The molecule has 1 aromatic carbocycles. The molecule has 3 rings (SSSR count). The maximum Gasteiger partial charge on any atom is 0.126 e. The van der Waals surface area contributed by atoms with Crippen molar-refractivity contribution < 1.29 is 5.11 Å². The van der Waals surface area contributed by atoms with E-state index >= 15 is 0 Å². The molecule has 110 valence electrons. The van der Waals surface area contributed by atoms with Crippen molar-refractivity contribution in [3.8, 4) is 11.1 Å². The number of aliphatic hydroxyl groups is 1. The van der Waals surface area contributed by atoms with E-state index in [0.29, 0.717) is 6.54 Å². The van der Waals surface area contributed by atoms with E-state index in [0.717, 1.165) is 29.7 Å². The van der Waals surface area contributed by atoms with Crippen molar-refractivity contribution in [2.24, 2.45) is 5.73 Å². The average Bonchev–Trinajstić information content (AvgIpc) is 2.51. The second-order valence-corrected chi connectivity index (χ2v) is 5.65. The van der Waals surface area contributed by atoms with Gasteiger partial charge in [-0.3, -0.25) is 4.98 Å². The Morgan fingerprint density at radius 1 is 1.38 bits per heavy atom. The number of aromatic nitrogens is 1. The zero-order chi connectivity index (χ0) is 15.0. The van der Waals surface area contributed by atoms with Gasteiger partial charge in [0.05, 0.1) is 0 Å². The number of nitrogens with two attached hydrogens (primary N) is 1. The molecule has 0 aliphatic carbocycles. The van der Waals surface area contributed by atoms with Crippen molar-refractivity contribution in [1.29, 1.82) is 0 Å². The molecule has 1 aliphatic rings. The first-order valence-corrected chi connectivity index (χ1v) is 7.29. The van der Waals surface area contributed by atoms with Crippen LogP contribution >= 0.6 is 0 Å². The van der Waals surface area contributed by atoms with E-state index in [1.54, 1.807) is 0 Å². The van der Waals surface area contributed by atoms with Crippen LogP contribution in [0.5, 0.6) is 0 Å². The maximum absolute atomic E-state index is 9.93. The van der Waals surface area contributed by atoms with E-state index in [4.69, 9.17) is 5.73 Å². The van der Waals surface area contributed by atoms with Crippen LogP contribution in [0.4, 0.5) is 5.69 Å². The predicted octanol–water partition coefficient (Wildman–Crippen LogP) is 2.22. The molecule has 0 amide bonds. The van der Waals surface area contributed by atoms with Gasteiger partial charge in [0.15, 0.2) is 0 Å². The Balaban J connectivity index is 2.06. The fourth-order valence-electron chi connectivity index (χ4n) is 3.00. The minimum absolute atomic E-state index is 0.382. The van der Waals surface area contributed by atoms with E-state index in [2.05, 4.69) is 30.1 Å². The van der Waals surface area contributed by atoms with Gasteiger partial charge in [-0.25, -0.2) is 0 Å². The van der Waals surface area contributed by atoms with Crippen LogP contribution in [0.2, 0.25) is 0 Å². The van der Waals surface area contributed by atoms with Gasteiger partial charge in [-0.2, -0.15) is 0 Å². The van der Waals surface area contributed by atoms with Crippen LogP contribution in [0, 0.1) is 6.92 Å². The summed E-state index contributed by atoms with van der Waals surface area (Å²) in [5.74, 6) is 0. The van der Waals surface area contributed by atoms with Crippen molar-refractivity contribution in [2.75, 3.05) is 11.9 Å². The molecule has 1 atom stereocenters. The van der Waals surface area contributed by atoms with Gasteiger partial charge < -0.3 is 15.7 Å². The van der Waals surface area contributed by atoms with Crippen LogP contribution in [0.15, 0.2) is 30.6 Å². The Morgan fingerprint density at radius 2 is 2.19 bits per heavy atom. The van der Waals surface area contributed by atoms with Crippen molar-refractivity contribution in [1.82, 2.24) is 4.98 Å². The van der Waals surface area contributed by atoms with E-state index in [1.165, 1.54) is 16.7 Å². The van der Waals surface area contributed by atoms with Crippen molar-refractivity contribution in [3.63, 3.8) is 0 Å². The lowest BCUT2D eigenvalue weighted by molar-refractivity contribution is 0.160. The van der Waals surface area contributed by atoms with Crippen LogP contribution in [0.3, 0.4) is 0 Å². The third-order valence-corrected chi connectivity index (χ3v) is 4.43. The highest BCUT2D eigenvalue weighted by atomic mass is 16.3. The molecule has 1 aromatic heterocycles. The molecule has 4 heteroatoms. The minimum atomic E-state index is -0.382. The lowest BCUT2D eigenvalue weighted by Gasteiger charge is -2.32. The Bertz CT molecular complexity index is 669. The van der Waals surface area contributed by atoms with Crippen molar-refractivity contribution >= 4 is 5.69 Å². The van der Waals surface area contributed by atoms with Crippen LogP contribution in [0.25, 0.3) is 11.1 Å². The molecular weight excluding hydrogens is 262 g/mol. The number of hydrogen-bond acceptors (Lipinski definition) is 4. The number of anilines is 1. The van der Waals surface area contributed by atoms with Crippen molar-refractivity contribution in [3.05, 3.63) is 47.3 Å². The molecule has 0 radical (unpaired) electrons. The monoisotopic (exact) mass is 283 g/mol. The molecule has 0 saturated carbocycles. The molecule has 2 aromatic rings. The standard InChI is InChI=1S/C17H21N3O/c1-11-14(8-18)9-19-10-15(11)12-3-5-16-13(7-12)4-6-17(21)20(16)2/h3,5,7,9-10,17,21H,4,6,8,18H2,1-2H3. The molecule has 2 heterocycles. The fourth-order valence-corrected chi connectivity index (χ4v) is 3.00. The summed E-state index contributed by atoms with van der Waals surface area (Å²) in [6, 6.07) is 6.39. The maximum atomic E-state index is 9.93. The quantitative estimate of drug-likeness (QED) is 0.887. The van der Waals surface area contributed by atoms with Crippen LogP contribution < -0.4 is 10.6 Å². The Kier molecular flexibility index (Phi) is 3.66. The normalized spacial score (nSPS) is 17.7. The van der Waals surface area contributed by atoms with Crippen LogP contribution in [0.1, 0.15) is 23.1 Å². The third kappa shape index (κ3) is 2.41. The highest BCUT2D eigenvalue weighted by molar-refractivity contribution is 5.72. The predicted molar refractivity (Wildman–Crippen MR) is 85.0 cm³/mol. The number of benzene rings is 1. The van der Waals surface area contributed by atoms with Gasteiger partial charge in [-0.15, -0.1) is 0 Å². The van der Waals surface area contributed by atoms with Crippen LogP contribution in [-0.4, -0.2) is 23.4 Å². The van der Waals surface area contributed by atoms with E-state index < -0.39 is 0 Å². The summed E-state index contributed by atoms with van der Waals surface area (Å²) in [7, 11) is 1.93. The van der Waals surface area contributed by atoms with Gasteiger partial charge in [-0.05, 0) is 54.2 Å². The number of fused-ring (bicyclic) bond motifs is 1. The zero-order valence-electron chi connectivity index (χ0n) is 12.5. The van der Waals surface area contributed by atoms with E-state index in [9.17, 15) is 5.11 Å². The molecule has 21 heavy (non-hydrogen) atoms. The Morgan fingerprint density at radius 3 is 2.95 bits per heavy atom. The van der Waals surface area contributed by atoms with E-state index in [-0.39, 0.29) is 6.23 Å². The van der Waals surface area contributed by atoms with E-state index in [1.807, 2.05) is 24.3 Å². The Labute approximate surface area is 125 Å². The van der Waals surface area contributed by atoms with Crippen LogP contribution in [-0.2, 0) is 13.0 Å². The summed E-state index contributed by atoms with van der Waals surface area (Å²) in [5, 5.41) is 9.93. The van der Waals surface area contributed by atoms with Gasteiger partial charge in [0.25, 0.3) is 0 Å². The number of hydrogen-bond donors (Lipinski definition) is 2. The highest BCUT2D eigenvalue weighted by Gasteiger charge is 2.21. The van der Waals surface area contributed by atoms with Crippen molar-refractivity contribution in [2.45, 2.75) is 32.5 Å². The average molecular weight is 283 g/mol. The second-order valence-electron chi connectivity index (χ2n) is 5.65. The number of nitrogens with zero attached hydrogens (tertiary/aromatic N) is 2. The summed E-state index contributed by atoms with van der Waals surface area (Å²) in [4.78, 5) is 6.24. The van der Waals surface area contributed by atoms with Gasteiger partial charge in [0, 0.05) is 37.2 Å². The topological polar surface area (TPSA) is 62.4 Å². The molecule has 0 saturated heterocycles. The summed E-state index contributed by atoms with van der Waals surface area (Å²) in [5.41, 5.74) is 12.7. The molecule has 0 fully saturated rings. The van der Waals surface area contributed by atoms with Gasteiger partial charge in [-0.1, -0.05) is 6.07 Å². The molecule has 3 N–H and O–H groups in total. The molecule has 4 nitrogen and oxygen atoms in total. The second kappa shape index (κ2) is 5.47. The largest absolute Gasteiger partial charge is 0.374 e. The molecule has 1 aliphatic heterocycles. The summed E-state index contributed by atoms with van der Waals surface area (Å²) in [6.45, 7) is 2.60. The zero-order valence-corrected chi connectivity index (χ0v) is 12.5. The molecular formula is C17H21N3O. The number of pyridine rings is 1. The molecule has 0 bridgehead atoms. The summed E-state index contributed by atoms with van der Waals surface area (Å²) >= 11 is 0. The molecule has 0 spiro atoms. The first-order chi connectivity index (χ1) is 10.1. The third-order valence-electron chi connectivity index (χ3n) is 4.43. The van der Waals surface area contributed by atoms with Gasteiger partial charge in [0.2, 0.25) is 0 Å². The smallest absolute Gasteiger partial charge is 0.126 e. The first-order valence-electron chi connectivity index (χ1n) is 7.29. The number of aliphatic hydroxyl groups excluding tert-OH is 1. The number of rotatable bonds is 2. The first kappa shape index (κ1) is 14.0. The Hall–Kier alpha value is -1.91. The van der Waals surface area contributed by atoms with Gasteiger partial charge >= 0.3 is 0 Å². The summed E-state index contributed by atoms with van der Waals surface area (Å²) < 4.78 is 0. The van der Waals surface area contributed by atoms with Gasteiger partial charge in [0.1, 0.15) is 6.23 Å². The SMILES string of the molecule is Cc1c(CN)cncc1-c1ccc2c(c1)CCC(O)N2C.